The minimum absolute atomic E-state index is 0.134. The van der Waals surface area contributed by atoms with Gasteiger partial charge in [0.2, 0.25) is 0 Å². The Balaban J connectivity index is 2.57. The van der Waals surface area contributed by atoms with Crippen LogP contribution in [0.25, 0.3) is 0 Å². The summed E-state index contributed by atoms with van der Waals surface area (Å²) >= 11 is 0. The van der Waals surface area contributed by atoms with Gasteiger partial charge < -0.3 is 9.84 Å². The van der Waals surface area contributed by atoms with Gasteiger partial charge in [-0.3, -0.25) is 4.79 Å². The van der Waals surface area contributed by atoms with Crippen molar-refractivity contribution in [3.8, 4) is 5.75 Å². The fourth-order valence-electron chi connectivity index (χ4n) is 2.57. The Bertz CT molecular complexity index is 502. The van der Waals surface area contributed by atoms with Crippen molar-refractivity contribution in [3.63, 3.8) is 0 Å². The van der Waals surface area contributed by atoms with E-state index in [1.807, 2.05) is 0 Å². The summed E-state index contributed by atoms with van der Waals surface area (Å²) in [5.41, 5.74) is -0.481. The molecule has 1 N–H and O–H groups in total. The molecular formula is C14H16F2O3. The van der Waals surface area contributed by atoms with Crippen molar-refractivity contribution in [2.75, 3.05) is 7.11 Å². The highest BCUT2D eigenvalue weighted by Crippen LogP contribution is 2.56. The van der Waals surface area contributed by atoms with Crippen LogP contribution in [0.5, 0.6) is 5.75 Å². The lowest BCUT2D eigenvalue weighted by Crippen LogP contribution is -2.21. The number of aliphatic carboxylic acids is 1. The first-order valence-electron chi connectivity index (χ1n) is 6.08. The van der Waals surface area contributed by atoms with E-state index >= 15 is 0 Å². The van der Waals surface area contributed by atoms with E-state index in [2.05, 4.69) is 0 Å². The molecule has 0 saturated heterocycles. The van der Waals surface area contributed by atoms with Gasteiger partial charge >= 0.3 is 5.97 Å². The number of carboxylic acid groups (broad SMARTS) is 1. The van der Waals surface area contributed by atoms with Crippen LogP contribution in [0.15, 0.2) is 18.2 Å². The average molecular weight is 270 g/mol. The number of methoxy groups -OCH3 is 1. The number of alkyl halides is 2. The summed E-state index contributed by atoms with van der Waals surface area (Å²) in [7, 11) is 1.41. The molecule has 0 heterocycles. The molecular weight excluding hydrogens is 254 g/mol. The van der Waals surface area contributed by atoms with E-state index < -0.39 is 17.3 Å². The first-order chi connectivity index (χ1) is 8.80. The number of halogens is 2. The summed E-state index contributed by atoms with van der Waals surface area (Å²) in [5, 5.41) is 8.98. The van der Waals surface area contributed by atoms with E-state index in [9.17, 15) is 13.6 Å². The summed E-state index contributed by atoms with van der Waals surface area (Å²) in [6.45, 7) is 0.822. The predicted molar refractivity (Wildman–Crippen MR) is 65.7 cm³/mol. The van der Waals surface area contributed by atoms with Gasteiger partial charge in [-0.1, -0.05) is 12.1 Å². The van der Waals surface area contributed by atoms with E-state index in [0.717, 1.165) is 6.92 Å². The van der Waals surface area contributed by atoms with Gasteiger partial charge in [0.25, 0.3) is 5.92 Å². The maximum Gasteiger partial charge on any atom is 0.304 e. The maximum absolute atomic E-state index is 13.7. The second-order valence-corrected chi connectivity index (χ2v) is 5.12. The number of carbonyl (C=O) groups is 1. The Morgan fingerprint density at radius 3 is 2.53 bits per heavy atom. The number of hydrogen-bond acceptors (Lipinski definition) is 2. The zero-order valence-electron chi connectivity index (χ0n) is 10.9. The zero-order valence-corrected chi connectivity index (χ0v) is 10.9. The van der Waals surface area contributed by atoms with Gasteiger partial charge in [-0.2, -0.15) is 0 Å². The van der Waals surface area contributed by atoms with Crippen molar-refractivity contribution in [1.82, 2.24) is 0 Å². The van der Waals surface area contributed by atoms with Crippen molar-refractivity contribution in [2.45, 2.75) is 37.5 Å². The Morgan fingerprint density at radius 1 is 1.47 bits per heavy atom. The SMILES string of the molecule is COc1cccc(C(C)(F)F)c1C1(CC(=O)O)CC1. The van der Waals surface area contributed by atoms with Crippen LogP contribution in [0.3, 0.4) is 0 Å². The highest BCUT2D eigenvalue weighted by atomic mass is 19.3. The van der Waals surface area contributed by atoms with Crippen molar-refractivity contribution >= 4 is 5.97 Å². The van der Waals surface area contributed by atoms with E-state index in [-0.39, 0.29) is 12.0 Å². The number of ether oxygens (including phenoxy) is 1. The molecule has 19 heavy (non-hydrogen) atoms. The highest BCUT2D eigenvalue weighted by molar-refractivity contribution is 5.71. The van der Waals surface area contributed by atoms with Crippen LogP contribution in [-0.2, 0) is 16.1 Å². The predicted octanol–water partition coefficient (Wildman–Crippen LogP) is 3.31. The molecule has 0 bridgehead atoms. The van der Waals surface area contributed by atoms with Gasteiger partial charge in [-0.25, -0.2) is 8.78 Å². The van der Waals surface area contributed by atoms with Gasteiger partial charge in [0, 0.05) is 23.5 Å². The maximum atomic E-state index is 13.7. The van der Waals surface area contributed by atoms with Crippen LogP contribution in [0.1, 0.15) is 37.3 Å². The lowest BCUT2D eigenvalue weighted by atomic mass is 9.85. The lowest BCUT2D eigenvalue weighted by molar-refractivity contribution is -0.137. The molecule has 1 aliphatic carbocycles. The second-order valence-electron chi connectivity index (χ2n) is 5.12. The molecule has 2 rings (SSSR count). The summed E-state index contributed by atoms with van der Waals surface area (Å²) in [5.74, 6) is -3.65. The Morgan fingerprint density at radius 2 is 2.11 bits per heavy atom. The quantitative estimate of drug-likeness (QED) is 0.892. The fraction of sp³-hybridized carbons (Fsp3) is 0.500. The van der Waals surface area contributed by atoms with E-state index in [1.165, 1.54) is 19.2 Å². The van der Waals surface area contributed by atoms with Crippen molar-refractivity contribution in [3.05, 3.63) is 29.3 Å². The molecule has 1 fully saturated rings. The molecule has 0 atom stereocenters. The molecule has 0 unspecified atom stereocenters. The molecule has 1 aromatic carbocycles. The van der Waals surface area contributed by atoms with E-state index in [1.54, 1.807) is 6.07 Å². The monoisotopic (exact) mass is 270 g/mol. The largest absolute Gasteiger partial charge is 0.496 e. The summed E-state index contributed by atoms with van der Waals surface area (Å²) in [6, 6.07) is 4.46. The third-order valence-electron chi connectivity index (χ3n) is 3.59. The van der Waals surface area contributed by atoms with E-state index in [0.29, 0.717) is 24.2 Å². The molecule has 0 spiro atoms. The third kappa shape index (κ3) is 2.55. The van der Waals surface area contributed by atoms with Crippen molar-refractivity contribution in [2.24, 2.45) is 0 Å². The molecule has 0 aromatic heterocycles. The molecule has 5 heteroatoms. The number of rotatable bonds is 5. The van der Waals surface area contributed by atoms with Gasteiger partial charge in [0.15, 0.2) is 0 Å². The summed E-state index contributed by atoms with van der Waals surface area (Å²) in [4.78, 5) is 11.0. The molecule has 1 aliphatic rings. The van der Waals surface area contributed by atoms with E-state index in [4.69, 9.17) is 9.84 Å². The van der Waals surface area contributed by atoms with Crippen molar-refractivity contribution < 1.29 is 23.4 Å². The van der Waals surface area contributed by atoms with Crippen LogP contribution in [0.2, 0.25) is 0 Å². The minimum Gasteiger partial charge on any atom is -0.496 e. The molecule has 3 nitrogen and oxygen atoms in total. The smallest absolute Gasteiger partial charge is 0.304 e. The topological polar surface area (TPSA) is 46.5 Å². The third-order valence-corrected chi connectivity index (χ3v) is 3.59. The van der Waals surface area contributed by atoms with Gasteiger partial charge in [-0.05, 0) is 18.9 Å². The first kappa shape index (κ1) is 13.8. The van der Waals surface area contributed by atoms with Crippen molar-refractivity contribution in [1.29, 1.82) is 0 Å². The normalized spacial score (nSPS) is 17.1. The molecule has 0 amide bonds. The van der Waals surface area contributed by atoms with Crippen LogP contribution < -0.4 is 4.74 Å². The number of hydrogen-bond donors (Lipinski definition) is 1. The standard InChI is InChI=1S/C14H16F2O3/c1-13(15,16)9-4-3-5-10(19-2)12(9)14(6-7-14)8-11(17)18/h3-5H,6-8H2,1-2H3,(H,17,18). The second kappa shape index (κ2) is 4.47. The zero-order chi connectivity index (χ0) is 14.3. The van der Waals surface area contributed by atoms with Crippen LogP contribution in [0, 0.1) is 0 Å². The van der Waals surface area contributed by atoms with Crippen LogP contribution in [0.4, 0.5) is 8.78 Å². The van der Waals surface area contributed by atoms with Gasteiger partial charge in [0.05, 0.1) is 13.5 Å². The number of carboxylic acids is 1. The van der Waals surface area contributed by atoms with Crippen LogP contribution >= 0.6 is 0 Å². The highest BCUT2D eigenvalue weighted by Gasteiger charge is 2.51. The molecule has 0 aliphatic heterocycles. The summed E-state index contributed by atoms with van der Waals surface area (Å²) in [6.07, 6.45) is 1.06. The Labute approximate surface area is 110 Å². The molecule has 1 saturated carbocycles. The van der Waals surface area contributed by atoms with Gasteiger partial charge in [0.1, 0.15) is 5.75 Å². The minimum atomic E-state index is -3.02. The summed E-state index contributed by atoms with van der Waals surface area (Å²) < 4.78 is 32.6. The van der Waals surface area contributed by atoms with Crippen LogP contribution in [-0.4, -0.2) is 18.2 Å². The lowest BCUT2D eigenvalue weighted by Gasteiger charge is -2.24. The number of benzene rings is 1. The first-order valence-corrected chi connectivity index (χ1v) is 6.08. The molecule has 0 radical (unpaired) electrons. The molecule has 104 valence electrons. The Kier molecular flexibility index (Phi) is 3.24. The average Bonchev–Trinajstić information content (AvgIpc) is 3.06. The Hall–Kier alpha value is -1.65. The van der Waals surface area contributed by atoms with Gasteiger partial charge in [-0.15, -0.1) is 0 Å². The molecule has 1 aromatic rings. The fourth-order valence-corrected chi connectivity index (χ4v) is 2.57.